The Balaban J connectivity index is 1.25. The van der Waals surface area contributed by atoms with Crippen LogP contribution in [0.25, 0.3) is 10.9 Å². The summed E-state index contributed by atoms with van der Waals surface area (Å²) in [5.74, 6) is 6.24. The number of H-pyrrole nitrogens is 1. The van der Waals surface area contributed by atoms with Crippen LogP contribution in [0.1, 0.15) is 109 Å². The van der Waals surface area contributed by atoms with E-state index >= 15 is 0 Å². The fourth-order valence-electron chi connectivity index (χ4n) is 10.5. The average Bonchev–Trinajstić information content (AvgIpc) is 3.38. The van der Waals surface area contributed by atoms with Crippen LogP contribution in [0.5, 0.6) is 0 Å². The summed E-state index contributed by atoms with van der Waals surface area (Å²) < 4.78 is 0. The van der Waals surface area contributed by atoms with Crippen molar-refractivity contribution in [2.24, 2.45) is 52.3 Å². The Hall–Kier alpha value is -1.75. The highest BCUT2D eigenvalue weighted by atomic mass is 14.8. The molecule has 3 saturated carbocycles. The second-order valence-electron chi connectivity index (χ2n) is 14.5. The molecule has 1 aromatic carbocycles. The second kappa shape index (κ2) is 8.92. The molecule has 0 radical (unpaired) electrons. The van der Waals surface area contributed by atoms with Gasteiger partial charge in [-0.2, -0.15) is 5.26 Å². The predicted octanol–water partition coefficient (Wildman–Crippen LogP) is 9.08. The van der Waals surface area contributed by atoms with E-state index in [2.05, 4.69) is 57.8 Å². The molecular weight excluding hydrogens is 436 g/mol. The zero-order valence-corrected chi connectivity index (χ0v) is 23.5. The number of nitrogens with zero attached hydrogens (tertiary/aromatic N) is 1. The van der Waals surface area contributed by atoms with Crippen molar-refractivity contribution in [1.82, 2.24) is 4.98 Å². The van der Waals surface area contributed by atoms with Crippen molar-refractivity contribution >= 4 is 10.9 Å². The van der Waals surface area contributed by atoms with Gasteiger partial charge in [-0.3, -0.25) is 0 Å². The molecule has 4 aliphatic carbocycles. The van der Waals surface area contributed by atoms with E-state index in [0.717, 1.165) is 47.0 Å². The van der Waals surface area contributed by atoms with Gasteiger partial charge < -0.3 is 4.98 Å². The molecule has 6 rings (SSSR count). The molecule has 2 heteroatoms. The van der Waals surface area contributed by atoms with Crippen LogP contribution >= 0.6 is 0 Å². The Morgan fingerprint density at radius 1 is 1.00 bits per heavy atom. The molecule has 194 valence electrons. The molecule has 1 heterocycles. The monoisotopic (exact) mass is 484 g/mol. The van der Waals surface area contributed by atoms with Gasteiger partial charge in [0.05, 0.1) is 11.6 Å². The molecule has 2 nitrogen and oxygen atoms in total. The van der Waals surface area contributed by atoms with Gasteiger partial charge in [-0.1, -0.05) is 53.9 Å². The van der Waals surface area contributed by atoms with Gasteiger partial charge in [0.2, 0.25) is 0 Å². The van der Waals surface area contributed by atoms with Crippen LogP contribution in [-0.2, 0) is 12.8 Å². The van der Waals surface area contributed by atoms with E-state index in [-0.39, 0.29) is 0 Å². The van der Waals surface area contributed by atoms with Gasteiger partial charge in [-0.05, 0) is 127 Å². The van der Waals surface area contributed by atoms with Crippen molar-refractivity contribution in [3.8, 4) is 6.07 Å². The molecule has 2 aromatic rings. The lowest BCUT2D eigenvalue weighted by molar-refractivity contribution is -0.103. The summed E-state index contributed by atoms with van der Waals surface area (Å²) in [4.78, 5) is 3.77. The Morgan fingerprint density at radius 2 is 1.81 bits per heavy atom. The third kappa shape index (κ3) is 3.70. The number of nitriles is 1. The van der Waals surface area contributed by atoms with Crippen LogP contribution < -0.4 is 0 Å². The molecular formula is C34H48N2. The maximum absolute atomic E-state index is 9.51. The number of fused-ring (bicyclic) bond motifs is 8. The fraction of sp³-hybridized carbons (Fsp3) is 0.735. The molecule has 0 saturated heterocycles. The fourth-order valence-corrected chi connectivity index (χ4v) is 10.5. The predicted molar refractivity (Wildman–Crippen MR) is 150 cm³/mol. The molecule has 0 amide bonds. The van der Waals surface area contributed by atoms with Crippen molar-refractivity contribution < 1.29 is 0 Å². The summed E-state index contributed by atoms with van der Waals surface area (Å²) in [6, 6.07) is 8.62. The molecule has 0 bridgehead atoms. The number of nitrogens with one attached hydrogen (secondary N) is 1. The first-order valence-corrected chi connectivity index (χ1v) is 15.3. The van der Waals surface area contributed by atoms with Crippen molar-refractivity contribution in [3.05, 3.63) is 35.0 Å². The lowest BCUT2D eigenvalue weighted by Gasteiger charge is -2.60. The van der Waals surface area contributed by atoms with E-state index in [0.29, 0.717) is 10.8 Å². The zero-order valence-electron chi connectivity index (χ0n) is 23.5. The number of rotatable bonds is 5. The van der Waals surface area contributed by atoms with Crippen LogP contribution in [0.2, 0.25) is 0 Å². The summed E-state index contributed by atoms with van der Waals surface area (Å²) >= 11 is 0. The third-order valence-electron chi connectivity index (χ3n) is 12.4. The highest BCUT2D eigenvalue weighted by molar-refractivity contribution is 5.86. The van der Waals surface area contributed by atoms with E-state index < -0.39 is 0 Å². The second-order valence-corrected chi connectivity index (χ2v) is 14.5. The van der Waals surface area contributed by atoms with Crippen molar-refractivity contribution in [1.29, 1.82) is 5.26 Å². The van der Waals surface area contributed by atoms with Crippen molar-refractivity contribution in [2.45, 2.75) is 105 Å². The minimum atomic E-state index is 0.413. The van der Waals surface area contributed by atoms with E-state index in [1.165, 1.54) is 92.8 Å². The van der Waals surface area contributed by atoms with Gasteiger partial charge in [-0.15, -0.1) is 0 Å². The SMILES string of the molecule is CC(C)CCC[C@@H](C)[C@H]1CC[C@H]2[C@@H]3CC[C@H]4Cc5[nH]c6ccc(C#N)cc6c5C[C@]4(C)[C@H]3CC[C@]12C. The van der Waals surface area contributed by atoms with Gasteiger partial charge in [0.1, 0.15) is 0 Å². The van der Waals surface area contributed by atoms with E-state index in [4.69, 9.17) is 0 Å². The minimum absolute atomic E-state index is 0.413. The molecule has 0 aliphatic heterocycles. The van der Waals surface area contributed by atoms with Gasteiger partial charge in [-0.25, -0.2) is 0 Å². The molecule has 1 aromatic heterocycles. The van der Waals surface area contributed by atoms with Gasteiger partial charge in [0, 0.05) is 16.6 Å². The topological polar surface area (TPSA) is 39.6 Å². The standard InChI is InChI=1S/C34H48N2/c1-21(2)7-6-8-22(3)28-12-13-29-25-11-10-24-18-32-27(26-17-23(20-35)9-14-31(26)36-32)19-34(24,5)30(25)15-16-33(28,29)4/h9,14,17,21-22,24-25,28-30,36H,6-8,10-13,15-16,18-19H2,1-5H3/t22-,24+,25+,28-,29+,30+,33-,34+/m1/s1. The highest BCUT2D eigenvalue weighted by Crippen LogP contribution is 2.68. The van der Waals surface area contributed by atoms with Gasteiger partial charge in [0.25, 0.3) is 0 Å². The number of benzene rings is 1. The smallest absolute Gasteiger partial charge is 0.0991 e. The van der Waals surface area contributed by atoms with E-state index in [1.54, 1.807) is 0 Å². The normalized spacial score (nSPS) is 38.2. The van der Waals surface area contributed by atoms with Gasteiger partial charge in [0.15, 0.2) is 0 Å². The number of hydrogen-bond acceptors (Lipinski definition) is 1. The molecule has 0 spiro atoms. The van der Waals surface area contributed by atoms with Crippen LogP contribution in [0, 0.1) is 63.6 Å². The summed E-state index contributed by atoms with van der Waals surface area (Å²) in [6.07, 6.45) is 15.4. The first kappa shape index (κ1) is 24.6. The van der Waals surface area contributed by atoms with Crippen LogP contribution in [0.15, 0.2) is 18.2 Å². The summed E-state index contributed by atoms with van der Waals surface area (Å²) in [6.45, 7) is 12.7. The molecule has 0 unspecified atom stereocenters. The lowest BCUT2D eigenvalue weighted by Crippen LogP contribution is -2.54. The van der Waals surface area contributed by atoms with Crippen LogP contribution in [-0.4, -0.2) is 4.98 Å². The van der Waals surface area contributed by atoms with Crippen molar-refractivity contribution in [3.63, 3.8) is 0 Å². The maximum Gasteiger partial charge on any atom is 0.0991 e. The zero-order chi connectivity index (χ0) is 25.2. The Labute approximate surface area is 219 Å². The number of aromatic nitrogens is 1. The third-order valence-corrected chi connectivity index (χ3v) is 12.4. The Morgan fingerprint density at radius 3 is 2.58 bits per heavy atom. The van der Waals surface area contributed by atoms with Crippen LogP contribution in [0.3, 0.4) is 0 Å². The minimum Gasteiger partial charge on any atom is -0.358 e. The lowest BCUT2D eigenvalue weighted by atomic mass is 9.44. The molecule has 36 heavy (non-hydrogen) atoms. The maximum atomic E-state index is 9.51. The van der Waals surface area contributed by atoms with E-state index in [9.17, 15) is 5.26 Å². The van der Waals surface area contributed by atoms with Gasteiger partial charge >= 0.3 is 0 Å². The molecule has 4 aliphatic rings. The van der Waals surface area contributed by atoms with Crippen molar-refractivity contribution in [2.75, 3.05) is 0 Å². The molecule has 1 N–H and O–H groups in total. The summed E-state index contributed by atoms with van der Waals surface area (Å²) in [5, 5.41) is 10.8. The number of aromatic amines is 1. The molecule has 8 atom stereocenters. The quantitative estimate of drug-likeness (QED) is 0.451. The molecule has 3 fully saturated rings. The first-order valence-electron chi connectivity index (χ1n) is 15.3. The summed E-state index contributed by atoms with van der Waals surface area (Å²) in [7, 11) is 0. The van der Waals surface area contributed by atoms with E-state index in [1.807, 2.05) is 6.07 Å². The first-order chi connectivity index (χ1) is 17.2. The average molecular weight is 485 g/mol. The highest BCUT2D eigenvalue weighted by Gasteiger charge is 2.60. The summed E-state index contributed by atoms with van der Waals surface area (Å²) in [5.41, 5.74) is 6.03. The number of hydrogen-bond donors (Lipinski definition) is 1. The Kier molecular flexibility index (Phi) is 6.09. The van der Waals surface area contributed by atoms with Crippen LogP contribution in [0.4, 0.5) is 0 Å². The Bertz CT molecular complexity index is 1170. The largest absolute Gasteiger partial charge is 0.358 e.